The fraction of sp³-hybridized carbons (Fsp3) is 0.545. The van der Waals surface area contributed by atoms with Crippen LogP contribution in [0.5, 0.6) is 0 Å². The number of rotatable bonds is 5. The summed E-state index contributed by atoms with van der Waals surface area (Å²) in [6.07, 6.45) is 1.12. The number of halogens is 1. The lowest BCUT2D eigenvalue weighted by molar-refractivity contribution is 0.664. The number of hydrogen-bond acceptors (Lipinski definition) is 3. The standard InChI is InChI=1S/C11H18ClN3/c1-4-7-13-8-10-9(12)5-6-11(14-10)15(2)3/h5-6,13H,4,7-8H2,1-3H3. The molecule has 15 heavy (non-hydrogen) atoms. The molecule has 1 rings (SSSR count). The quantitative estimate of drug-likeness (QED) is 0.783. The highest BCUT2D eigenvalue weighted by Gasteiger charge is 2.04. The van der Waals surface area contributed by atoms with E-state index in [4.69, 9.17) is 11.6 Å². The van der Waals surface area contributed by atoms with Crippen LogP contribution in [-0.2, 0) is 6.54 Å². The first-order valence-electron chi connectivity index (χ1n) is 5.18. The molecule has 0 saturated carbocycles. The molecule has 0 aliphatic rings. The molecule has 1 aromatic heterocycles. The normalized spacial score (nSPS) is 10.4. The zero-order valence-electron chi connectivity index (χ0n) is 9.55. The molecule has 3 nitrogen and oxygen atoms in total. The highest BCUT2D eigenvalue weighted by Crippen LogP contribution is 2.17. The number of nitrogens with one attached hydrogen (secondary N) is 1. The summed E-state index contributed by atoms with van der Waals surface area (Å²) in [4.78, 5) is 6.45. The van der Waals surface area contributed by atoms with E-state index in [9.17, 15) is 0 Å². The Kier molecular flexibility index (Phi) is 4.85. The molecule has 0 atom stereocenters. The second-order valence-electron chi connectivity index (χ2n) is 3.67. The van der Waals surface area contributed by atoms with Crippen molar-refractivity contribution in [1.82, 2.24) is 10.3 Å². The van der Waals surface area contributed by atoms with Gasteiger partial charge >= 0.3 is 0 Å². The van der Waals surface area contributed by atoms with Crippen LogP contribution in [0, 0.1) is 0 Å². The van der Waals surface area contributed by atoms with Gasteiger partial charge in [-0.2, -0.15) is 0 Å². The van der Waals surface area contributed by atoms with Crippen LogP contribution in [0.3, 0.4) is 0 Å². The van der Waals surface area contributed by atoms with Gasteiger partial charge in [-0.25, -0.2) is 4.98 Å². The lowest BCUT2D eigenvalue weighted by atomic mass is 10.3. The first-order valence-corrected chi connectivity index (χ1v) is 5.56. The topological polar surface area (TPSA) is 28.2 Å². The lowest BCUT2D eigenvalue weighted by Gasteiger charge is -2.13. The molecule has 0 amide bonds. The Hall–Kier alpha value is -0.800. The van der Waals surface area contributed by atoms with E-state index in [1.165, 1.54) is 0 Å². The van der Waals surface area contributed by atoms with E-state index < -0.39 is 0 Å². The van der Waals surface area contributed by atoms with Crippen molar-refractivity contribution in [2.75, 3.05) is 25.5 Å². The highest BCUT2D eigenvalue weighted by molar-refractivity contribution is 6.31. The number of hydrogen-bond donors (Lipinski definition) is 1. The molecule has 0 spiro atoms. The molecule has 0 aliphatic carbocycles. The second kappa shape index (κ2) is 5.93. The van der Waals surface area contributed by atoms with Gasteiger partial charge in [0.2, 0.25) is 0 Å². The third-order valence-electron chi connectivity index (χ3n) is 2.08. The summed E-state index contributed by atoms with van der Waals surface area (Å²) >= 11 is 6.06. The van der Waals surface area contributed by atoms with Crippen LogP contribution in [0.2, 0.25) is 5.02 Å². The molecule has 0 fully saturated rings. The largest absolute Gasteiger partial charge is 0.363 e. The van der Waals surface area contributed by atoms with Crippen molar-refractivity contribution in [2.24, 2.45) is 0 Å². The number of nitrogens with zero attached hydrogens (tertiary/aromatic N) is 2. The summed E-state index contributed by atoms with van der Waals surface area (Å²) in [6, 6.07) is 3.82. The maximum atomic E-state index is 6.06. The lowest BCUT2D eigenvalue weighted by Crippen LogP contribution is -2.17. The van der Waals surface area contributed by atoms with Crippen molar-refractivity contribution >= 4 is 17.4 Å². The SMILES string of the molecule is CCCNCc1nc(N(C)C)ccc1Cl. The average molecular weight is 228 g/mol. The predicted octanol–water partition coefficient (Wildman–Crippen LogP) is 2.30. The number of anilines is 1. The minimum absolute atomic E-state index is 0.726. The average Bonchev–Trinajstić information content (AvgIpc) is 2.20. The van der Waals surface area contributed by atoms with Crippen LogP contribution < -0.4 is 10.2 Å². The predicted molar refractivity (Wildman–Crippen MR) is 65.6 cm³/mol. The molecule has 4 heteroatoms. The summed E-state index contributed by atoms with van der Waals surface area (Å²) in [6.45, 7) is 3.86. The Bertz CT molecular complexity index is 313. The summed E-state index contributed by atoms with van der Waals surface area (Å²) < 4.78 is 0. The molecule has 0 aromatic carbocycles. The second-order valence-corrected chi connectivity index (χ2v) is 4.08. The van der Waals surface area contributed by atoms with Gasteiger partial charge in [-0.05, 0) is 25.1 Å². The van der Waals surface area contributed by atoms with E-state index in [-0.39, 0.29) is 0 Å². The van der Waals surface area contributed by atoms with E-state index in [0.29, 0.717) is 0 Å². The van der Waals surface area contributed by atoms with Gasteiger partial charge in [0.25, 0.3) is 0 Å². The van der Waals surface area contributed by atoms with Crippen molar-refractivity contribution in [3.05, 3.63) is 22.8 Å². The fourth-order valence-corrected chi connectivity index (χ4v) is 1.40. The van der Waals surface area contributed by atoms with Gasteiger partial charge in [0.05, 0.1) is 10.7 Å². The third kappa shape index (κ3) is 3.68. The van der Waals surface area contributed by atoms with Gasteiger partial charge in [0.15, 0.2) is 0 Å². The van der Waals surface area contributed by atoms with Gasteiger partial charge in [0, 0.05) is 20.6 Å². The summed E-state index contributed by atoms with van der Waals surface area (Å²) in [7, 11) is 3.94. The molecular weight excluding hydrogens is 210 g/mol. The maximum absolute atomic E-state index is 6.06. The van der Waals surface area contributed by atoms with Crippen LogP contribution in [-0.4, -0.2) is 25.6 Å². The van der Waals surface area contributed by atoms with E-state index in [1.54, 1.807) is 0 Å². The van der Waals surface area contributed by atoms with E-state index in [1.807, 2.05) is 31.1 Å². The van der Waals surface area contributed by atoms with Crippen molar-refractivity contribution in [1.29, 1.82) is 0 Å². The first kappa shape index (κ1) is 12.3. The Morgan fingerprint density at radius 1 is 1.40 bits per heavy atom. The van der Waals surface area contributed by atoms with Gasteiger partial charge in [-0.15, -0.1) is 0 Å². The van der Waals surface area contributed by atoms with Crippen molar-refractivity contribution in [3.63, 3.8) is 0 Å². The van der Waals surface area contributed by atoms with Crippen LogP contribution >= 0.6 is 11.6 Å². The van der Waals surface area contributed by atoms with E-state index in [0.717, 1.165) is 36.0 Å². The molecule has 1 aromatic rings. The van der Waals surface area contributed by atoms with Crippen molar-refractivity contribution < 1.29 is 0 Å². The van der Waals surface area contributed by atoms with Gasteiger partial charge in [-0.1, -0.05) is 18.5 Å². The Morgan fingerprint density at radius 3 is 2.73 bits per heavy atom. The molecule has 0 bridgehead atoms. The molecule has 84 valence electrons. The molecule has 0 saturated heterocycles. The van der Waals surface area contributed by atoms with Crippen molar-refractivity contribution in [3.8, 4) is 0 Å². The minimum Gasteiger partial charge on any atom is -0.363 e. The summed E-state index contributed by atoms with van der Waals surface area (Å²) in [5.41, 5.74) is 0.913. The molecular formula is C11H18ClN3. The first-order chi connectivity index (χ1) is 7.15. The molecule has 0 aliphatic heterocycles. The van der Waals surface area contributed by atoms with E-state index >= 15 is 0 Å². The maximum Gasteiger partial charge on any atom is 0.128 e. The monoisotopic (exact) mass is 227 g/mol. The zero-order valence-corrected chi connectivity index (χ0v) is 10.3. The van der Waals surface area contributed by atoms with Gasteiger partial charge in [0.1, 0.15) is 5.82 Å². The highest BCUT2D eigenvalue weighted by atomic mass is 35.5. The molecule has 0 unspecified atom stereocenters. The van der Waals surface area contributed by atoms with E-state index in [2.05, 4.69) is 17.2 Å². The van der Waals surface area contributed by atoms with Crippen LogP contribution in [0.15, 0.2) is 12.1 Å². The Balaban J connectivity index is 2.72. The van der Waals surface area contributed by atoms with Crippen LogP contribution in [0.25, 0.3) is 0 Å². The molecule has 0 radical (unpaired) electrons. The number of aromatic nitrogens is 1. The zero-order chi connectivity index (χ0) is 11.3. The summed E-state index contributed by atoms with van der Waals surface area (Å²) in [5.74, 6) is 0.938. The number of pyridine rings is 1. The van der Waals surface area contributed by atoms with Crippen molar-refractivity contribution in [2.45, 2.75) is 19.9 Å². The van der Waals surface area contributed by atoms with Crippen LogP contribution in [0.1, 0.15) is 19.0 Å². The minimum atomic E-state index is 0.726. The fourth-order valence-electron chi connectivity index (χ4n) is 1.23. The molecule has 1 heterocycles. The Morgan fingerprint density at radius 2 is 2.13 bits per heavy atom. The molecule has 1 N–H and O–H groups in total. The van der Waals surface area contributed by atoms with Gasteiger partial charge in [-0.3, -0.25) is 0 Å². The third-order valence-corrected chi connectivity index (χ3v) is 2.43. The smallest absolute Gasteiger partial charge is 0.128 e. The summed E-state index contributed by atoms with van der Waals surface area (Å²) in [5, 5.41) is 4.02. The Labute approximate surface area is 96.5 Å². The van der Waals surface area contributed by atoms with Crippen LogP contribution in [0.4, 0.5) is 5.82 Å². The van der Waals surface area contributed by atoms with Gasteiger partial charge < -0.3 is 10.2 Å².